The molecule has 0 saturated carbocycles. The largest absolute Gasteiger partial charge is 0.391 e. The summed E-state index contributed by atoms with van der Waals surface area (Å²) in [5.74, 6) is 0.726. The SMILES string of the molecule is Cc1noc(C)c1C(C)NC(=O)N1CCCC(O)C1. The Kier molecular flexibility index (Phi) is 4.09. The molecule has 2 atom stereocenters. The minimum Gasteiger partial charge on any atom is -0.391 e. The van der Waals surface area contributed by atoms with Crippen molar-refractivity contribution < 1.29 is 14.4 Å². The van der Waals surface area contributed by atoms with E-state index < -0.39 is 6.10 Å². The Hall–Kier alpha value is -1.56. The zero-order valence-electron chi connectivity index (χ0n) is 11.6. The van der Waals surface area contributed by atoms with Crippen LogP contribution in [0.4, 0.5) is 4.79 Å². The summed E-state index contributed by atoms with van der Waals surface area (Å²) in [4.78, 5) is 13.8. The molecular weight excluding hydrogens is 246 g/mol. The fourth-order valence-electron chi connectivity index (χ4n) is 2.60. The number of aliphatic hydroxyl groups excluding tert-OH is 1. The molecule has 1 aliphatic rings. The van der Waals surface area contributed by atoms with Crippen molar-refractivity contribution >= 4 is 6.03 Å². The predicted octanol–water partition coefficient (Wildman–Crippen LogP) is 1.52. The summed E-state index contributed by atoms with van der Waals surface area (Å²) in [5, 5.41) is 16.4. The predicted molar refractivity (Wildman–Crippen MR) is 69.7 cm³/mol. The molecule has 6 nitrogen and oxygen atoms in total. The van der Waals surface area contributed by atoms with Gasteiger partial charge in [-0.25, -0.2) is 4.79 Å². The number of likely N-dealkylation sites (tertiary alicyclic amines) is 1. The van der Waals surface area contributed by atoms with Crippen LogP contribution in [0.1, 0.15) is 42.8 Å². The first-order valence-electron chi connectivity index (χ1n) is 6.65. The number of aliphatic hydroxyl groups is 1. The zero-order valence-corrected chi connectivity index (χ0v) is 11.6. The van der Waals surface area contributed by atoms with Crippen LogP contribution in [0.5, 0.6) is 0 Å². The number of carbonyl (C=O) groups excluding carboxylic acids is 1. The molecule has 0 aromatic carbocycles. The molecular formula is C13H21N3O3. The number of carbonyl (C=O) groups is 1. The van der Waals surface area contributed by atoms with Crippen molar-refractivity contribution in [3.63, 3.8) is 0 Å². The van der Waals surface area contributed by atoms with Gasteiger partial charge in [-0.3, -0.25) is 0 Å². The lowest BCUT2D eigenvalue weighted by Crippen LogP contribution is -2.47. The Morgan fingerprint density at radius 3 is 2.89 bits per heavy atom. The average Bonchev–Trinajstić information content (AvgIpc) is 2.69. The number of urea groups is 1. The Morgan fingerprint density at radius 1 is 1.58 bits per heavy atom. The number of amides is 2. The van der Waals surface area contributed by atoms with Gasteiger partial charge in [0.1, 0.15) is 5.76 Å². The molecule has 0 aliphatic carbocycles. The van der Waals surface area contributed by atoms with Crippen molar-refractivity contribution in [2.45, 2.75) is 45.8 Å². The molecule has 1 saturated heterocycles. The van der Waals surface area contributed by atoms with E-state index in [1.165, 1.54) is 0 Å². The van der Waals surface area contributed by atoms with E-state index in [-0.39, 0.29) is 12.1 Å². The molecule has 2 unspecified atom stereocenters. The number of hydrogen-bond donors (Lipinski definition) is 2. The van der Waals surface area contributed by atoms with Crippen molar-refractivity contribution in [2.75, 3.05) is 13.1 Å². The fourth-order valence-corrected chi connectivity index (χ4v) is 2.60. The summed E-state index contributed by atoms with van der Waals surface area (Å²) < 4.78 is 5.11. The molecule has 2 rings (SSSR count). The fraction of sp³-hybridized carbons (Fsp3) is 0.692. The summed E-state index contributed by atoms with van der Waals surface area (Å²) in [6, 6.07) is -0.302. The van der Waals surface area contributed by atoms with Gasteiger partial charge >= 0.3 is 6.03 Å². The van der Waals surface area contributed by atoms with Crippen LogP contribution in [0.25, 0.3) is 0 Å². The molecule has 19 heavy (non-hydrogen) atoms. The molecule has 1 aromatic rings. The highest BCUT2D eigenvalue weighted by Gasteiger charge is 2.25. The second-order valence-electron chi connectivity index (χ2n) is 5.15. The van der Waals surface area contributed by atoms with Crippen molar-refractivity contribution in [2.24, 2.45) is 0 Å². The monoisotopic (exact) mass is 267 g/mol. The van der Waals surface area contributed by atoms with E-state index in [0.29, 0.717) is 13.1 Å². The van der Waals surface area contributed by atoms with Gasteiger partial charge in [-0.1, -0.05) is 5.16 Å². The minimum absolute atomic E-state index is 0.147. The third kappa shape index (κ3) is 3.07. The Labute approximate surface area is 112 Å². The van der Waals surface area contributed by atoms with E-state index in [9.17, 15) is 9.90 Å². The average molecular weight is 267 g/mol. The molecule has 1 aliphatic heterocycles. The molecule has 2 heterocycles. The highest BCUT2D eigenvalue weighted by Crippen LogP contribution is 2.21. The third-order valence-corrected chi connectivity index (χ3v) is 3.55. The first kappa shape index (κ1) is 13.9. The number of nitrogens with one attached hydrogen (secondary N) is 1. The van der Waals surface area contributed by atoms with Crippen LogP contribution >= 0.6 is 0 Å². The summed E-state index contributed by atoms with van der Waals surface area (Å²) >= 11 is 0. The van der Waals surface area contributed by atoms with Crippen molar-refractivity contribution in [1.29, 1.82) is 0 Å². The Balaban J connectivity index is 1.99. The number of nitrogens with zero attached hydrogens (tertiary/aromatic N) is 2. The standard InChI is InChI=1S/C13H21N3O3/c1-8(12-9(2)15-19-10(12)3)14-13(18)16-6-4-5-11(17)7-16/h8,11,17H,4-7H2,1-3H3,(H,14,18). The maximum atomic E-state index is 12.1. The van der Waals surface area contributed by atoms with E-state index in [0.717, 1.165) is 29.9 Å². The van der Waals surface area contributed by atoms with E-state index >= 15 is 0 Å². The van der Waals surface area contributed by atoms with Gasteiger partial charge in [0.05, 0.1) is 17.8 Å². The quantitative estimate of drug-likeness (QED) is 0.851. The zero-order chi connectivity index (χ0) is 14.0. The highest BCUT2D eigenvalue weighted by atomic mass is 16.5. The number of aromatic nitrogens is 1. The number of aryl methyl sites for hydroxylation is 2. The maximum Gasteiger partial charge on any atom is 0.317 e. The molecule has 0 bridgehead atoms. The summed E-state index contributed by atoms with van der Waals surface area (Å²) in [7, 11) is 0. The lowest BCUT2D eigenvalue weighted by Gasteiger charge is -2.31. The highest BCUT2D eigenvalue weighted by molar-refractivity contribution is 5.75. The molecule has 0 spiro atoms. The number of piperidine rings is 1. The maximum absolute atomic E-state index is 12.1. The van der Waals surface area contributed by atoms with E-state index in [1.54, 1.807) is 4.90 Å². The van der Waals surface area contributed by atoms with Crippen LogP contribution in [-0.2, 0) is 0 Å². The van der Waals surface area contributed by atoms with Crippen LogP contribution < -0.4 is 5.32 Å². The van der Waals surface area contributed by atoms with Crippen LogP contribution in [0, 0.1) is 13.8 Å². The topological polar surface area (TPSA) is 78.6 Å². The lowest BCUT2D eigenvalue weighted by atomic mass is 10.1. The molecule has 1 fully saturated rings. The van der Waals surface area contributed by atoms with Crippen LogP contribution in [0.15, 0.2) is 4.52 Å². The van der Waals surface area contributed by atoms with Gasteiger partial charge in [-0.15, -0.1) is 0 Å². The third-order valence-electron chi connectivity index (χ3n) is 3.55. The summed E-state index contributed by atoms with van der Waals surface area (Å²) in [5.41, 5.74) is 1.72. The molecule has 6 heteroatoms. The van der Waals surface area contributed by atoms with Crippen LogP contribution in [0.3, 0.4) is 0 Å². The summed E-state index contributed by atoms with van der Waals surface area (Å²) in [6.45, 7) is 6.70. The first-order valence-corrected chi connectivity index (χ1v) is 6.65. The van der Waals surface area contributed by atoms with E-state index in [1.807, 2.05) is 20.8 Å². The van der Waals surface area contributed by atoms with E-state index in [4.69, 9.17) is 4.52 Å². The number of rotatable bonds is 2. The van der Waals surface area contributed by atoms with Gasteiger partial charge in [0.15, 0.2) is 0 Å². The van der Waals surface area contributed by atoms with Crippen LogP contribution in [-0.4, -0.2) is 40.4 Å². The molecule has 106 valence electrons. The van der Waals surface area contributed by atoms with Crippen molar-refractivity contribution in [3.8, 4) is 0 Å². The van der Waals surface area contributed by atoms with Gasteiger partial charge in [-0.05, 0) is 33.6 Å². The molecule has 0 radical (unpaired) electrons. The van der Waals surface area contributed by atoms with Crippen molar-refractivity contribution in [3.05, 3.63) is 17.0 Å². The van der Waals surface area contributed by atoms with Crippen molar-refractivity contribution in [1.82, 2.24) is 15.4 Å². The smallest absolute Gasteiger partial charge is 0.317 e. The Morgan fingerprint density at radius 2 is 2.32 bits per heavy atom. The van der Waals surface area contributed by atoms with Crippen LogP contribution in [0.2, 0.25) is 0 Å². The van der Waals surface area contributed by atoms with E-state index in [2.05, 4.69) is 10.5 Å². The van der Waals surface area contributed by atoms with Gasteiger partial charge in [-0.2, -0.15) is 0 Å². The number of β-amino-alcohol motifs (C(OH)–C–C–N with tert-alkyl or cyclic N) is 1. The van der Waals surface area contributed by atoms with Gasteiger partial charge in [0.25, 0.3) is 0 Å². The van der Waals surface area contributed by atoms with Gasteiger partial charge in [0, 0.05) is 18.7 Å². The lowest BCUT2D eigenvalue weighted by molar-refractivity contribution is 0.0834. The Bertz CT molecular complexity index is 438. The van der Waals surface area contributed by atoms with Gasteiger partial charge in [0.2, 0.25) is 0 Å². The first-order chi connectivity index (χ1) is 8.99. The second-order valence-corrected chi connectivity index (χ2v) is 5.15. The molecule has 2 amide bonds. The second kappa shape index (κ2) is 5.61. The minimum atomic E-state index is -0.408. The normalized spacial score (nSPS) is 21.3. The van der Waals surface area contributed by atoms with Gasteiger partial charge < -0.3 is 19.8 Å². The molecule has 2 N–H and O–H groups in total. The molecule has 1 aromatic heterocycles. The summed E-state index contributed by atoms with van der Waals surface area (Å²) in [6.07, 6.45) is 1.20. The number of hydrogen-bond acceptors (Lipinski definition) is 4.